The maximum Gasteiger partial charge on any atom is 0.344 e. The third-order valence-electron chi connectivity index (χ3n) is 4.89. The van der Waals surface area contributed by atoms with Crippen molar-refractivity contribution in [2.24, 2.45) is 5.92 Å². The van der Waals surface area contributed by atoms with Gasteiger partial charge in [0.2, 0.25) is 0 Å². The smallest absolute Gasteiger partial charge is 0.344 e. The number of fused-ring (bicyclic) bond motifs is 1. The van der Waals surface area contributed by atoms with E-state index in [0.29, 0.717) is 5.92 Å². The van der Waals surface area contributed by atoms with Crippen molar-refractivity contribution in [1.29, 1.82) is 0 Å². The molecule has 1 fully saturated rings. The number of esters is 1. The normalized spacial score (nSPS) is 16.1. The van der Waals surface area contributed by atoms with Crippen molar-refractivity contribution in [2.45, 2.75) is 32.3 Å². The Kier molecular flexibility index (Phi) is 5.05. The van der Waals surface area contributed by atoms with Crippen LogP contribution < -0.4 is 10.1 Å². The van der Waals surface area contributed by atoms with Gasteiger partial charge >= 0.3 is 5.97 Å². The standard InChI is InChI=1S/C20H25NO3/c1-20(2,16-10-12-21-13-11-16)24-19(22)14-23-18-9-5-7-15-6-3-4-8-17(15)18/h3-9,16,21H,10-14H2,1-2H3/p+1. The number of ether oxygens (including phenoxy) is 2. The molecule has 1 saturated heterocycles. The van der Waals surface area contributed by atoms with E-state index in [1.165, 1.54) is 0 Å². The summed E-state index contributed by atoms with van der Waals surface area (Å²) in [6, 6.07) is 13.8. The largest absolute Gasteiger partial charge is 0.481 e. The van der Waals surface area contributed by atoms with Gasteiger partial charge in [-0.3, -0.25) is 0 Å². The van der Waals surface area contributed by atoms with Crippen molar-refractivity contribution in [3.05, 3.63) is 42.5 Å². The maximum absolute atomic E-state index is 12.3. The lowest BCUT2D eigenvalue weighted by molar-refractivity contribution is -0.665. The quantitative estimate of drug-likeness (QED) is 0.858. The zero-order valence-electron chi connectivity index (χ0n) is 14.5. The van der Waals surface area contributed by atoms with Gasteiger partial charge in [0.05, 0.1) is 13.1 Å². The van der Waals surface area contributed by atoms with Crippen LogP contribution in [0.1, 0.15) is 26.7 Å². The highest BCUT2D eigenvalue weighted by Gasteiger charge is 2.35. The van der Waals surface area contributed by atoms with Crippen LogP contribution in [0.3, 0.4) is 0 Å². The Morgan fingerprint density at radius 1 is 1.12 bits per heavy atom. The molecule has 0 spiro atoms. The zero-order valence-corrected chi connectivity index (χ0v) is 14.5. The Hall–Kier alpha value is -2.07. The zero-order chi connectivity index (χ0) is 17.0. The fourth-order valence-corrected chi connectivity index (χ4v) is 3.49. The summed E-state index contributed by atoms with van der Waals surface area (Å²) < 4.78 is 11.5. The average molecular weight is 328 g/mol. The van der Waals surface area contributed by atoms with Crippen LogP contribution in [0, 0.1) is 5.92 Å². The van der Waals surface area contributed by atoms with E-state index < -0.39 is 5.60 Å². The minimum absolute atomic E-state index is 0.0592. The predicted molar refractivity (Wildman–Crippen MR) is 94.0 cm³/mol. The van der Waals surface area contributed by atoms with Gasteiger partial charge in [-0.15, -0.1) is 0 Å². The van der Waals surface area contributed by atoms with E-state index >= 15 is 0 Å². The minimum atomic E-state index is -0.437. The van der Waals surface area contributed by atoms with Gasteiger partial charge in [0, 0.05) is 24.1 Å². The van der Waals surface area contributed by atoms with Crippen molar-refractivity contribution in [1.82, 2.24) is 0 Å². The van der Waals surface area contributed by atoms with E-state index in [0.717, 1.165) is 42.5 Å². The molecule has 4 nitrogen and oxygen atoms in total. The van der Waals surface area contributed by atoms with Crippen LogP contribution in [-0.4, -0.2) is 31.3 Å². The van der Waals surface area contributed by atoms with E-state index in [-0.39, 0.29) is 12.6 Å². The first kappa shape index (κ1) is 16.8. The molecule has 0 atom stereocenters. The summed E-state index contributed by atoms with van der Waals surface area (Å²) in [7, 11) is 0. The first-order valence-corrected chi connectivity index (χ1v) is 8.70. The summed E-state index contributed by atoms with van der Waals surface area (Å²) in [6.45, 7) is 6.18. The first-order chi connectivity index (χ1) is 11.6. The van der Waals surface area contributed by atoms with Gasteiger partial charge in [0.1, 0.15) is 11.4 Å². The van der Waals surface area contributed by atoms with Crippen molar-refractivity contribution >= 4 is 16.7 Å². The number of carbonyl (C=O) groups excluding carboxylic acids is 1. The van der Waals surface area contributed by atoms with E-state index in [9.17, 15) is 4.79 Å². The second kappa shape index (κ2) is 7.22. The summed E-state index contributed by atoms with van der Waals surface area (Å²) in [5.74, 6) is 0.835. The average Bonchev–Trinajstić information content (AvgIpc) is 2.60. The molecule has 1 aliphatic rings. The van der Waals surface area contributed by atoms with Gasteiger partial charge in [-0.2, -0.15) is 0 Å². The van der Waals surface area contributed by atoms with Crippen LogP contribution in [0.2, 0.25) is 0 Å². The molecule has 0 radical (unpaired) electrons. The topological polar surface area (TPSA) is 52.1 Å². The second-order valence-electron chi connectivity index (χ2n) is 6.98. The molecule has 0 unspecified atom stereocenters. The fraction of sp³-hybridized carbons (Fsp3) is 0.450. The number of hydrogen-bond donors (Lipinski definition) is 1. The van der Waals surface area contributed by atoms with Crippen molar-refractivity contribution in [3.63, 3.8) is 0 Å². The lowest BCUT2D eigenvalue weighted by Crippen LogP contribution is -2.86. The maximum atomic E-state index is 12.3. The van der Waals surface area contributed by atoms with Gasteiger partial charge in [0.15, 0.2) is 6.61 Å². The summed E-state index contributed by atoms with van der Waals surface area (Å²) in [4.78, 5) is 12.3. The van der Waals surface area contributed by atoms with E-state index in [1.807, 2.05) is 56.3 Å². The molecule has 0 saturated carbocycles. The molecule has 3 rings (SSSR count). The fourth-order valence-electron chi connectivity index (χ4n) is 3.49. The van der Waals surface area contributed by atoms with E-state index in [2.05, 4.69) is 5.32 Å². The van der Waals surface area contributed by atoms with Crippen LogP contribution in [-0.2, 0) is 9.53 Å². The van der Waals surface area contributed by atoms with Gasteiger partial charge in [0.25, 0.3) is 0 Å². The summed E-state index contributed by atoms with van der Waals surface area (Å²) >= 11 is 0. The van der Waals surface area contributed by atoms with Crippen LogP contribution in [0.5, 0.6) is 5.75 Å². The first-order valence-electron chi connectivity index (χ1n) is 8.70. The molecular formula is C20H26NO3+. The Labute approximate surface area is 143 Å². The number of piperidine rings is 1. The van der Waals surface area contributed by atoms with Crippen molar-refractivity contribution in [2.75, 3.05) is 19.7 Å². The summed E-state index contributed by atoms with van der Waals surface area (Å²) in [6.07, 6.45) is 2.18. The monoisotopic (exact) mass is 328 g/mol. The molecule has 0 bridgehead atoms. The van der Waals surface area contributed by atoms with Crippen LogP contribution >= 0.6 is 0 Å². The molecule has 0 amide bonds. The van der Waals surface area contributed by atoms with Crippen molar-refractivity contribution < 1.29 is 19.6 Å². The van der Waals surface area contributed by atoms with E-state index in [1.54, 1.807) is 0 Å². The Balaban J connectivity index is 1.60. The molecular weight excluding hydrogens is 302 g/mol. The number of hydrogen-bond acceptors (Lipinski definition) is 3. The molecule has 24 heavy (non-hydrogen) atoms. The minimum Gasteiger partial charge on any atom is -0.481 e. The van der Waals surface area contributed by atoms with Gasteiger partial charge in [-0.1, -0.05) is 36.4 Å². The molecule has 128 valence electrons. The van der Waals surface area contributed by atoms with Gasteiger partial charge in [-0.25, -0.2) is 4.79 Å². The number of rotatable bonds is 5. The third-order valence-corrected chi connectivity index (χ3v) is 4.89. The molecule has 2 N–H and O–H groups in total. The highest BCUT2D eigenvalue weighted by atomic mass is 16.6. The summed E-state index contributed by atoms with van der Waals surface area (Å²) in [5, 5.41) is 4.43. The van der Waals surface area contributed by atoms with Crippen LogP contribution in [0.4, 0.5) is 0 Å². The molecule has 0 aromatic heterocycles. The second-order valence-corrected chi connectivity index (χ2v) is 6.98. The number of nitrogens with two attached hydrogens (primary N) is 1. The molecule has 1 aliphatic heterocycles. The Morgan fingerprint density at radius 2 is 1.83 bits per heavy atom. The molecule has 4 heteroatoms. The third kappa shape index (κ3) is 3.88. The molecule has 2 aromatic carbocycles. The van der Waals surface area contributed by atoms with Gasteiger partial charge < -0.3 is 14.8 Å². The molecule has 2 aromatic rings. The van der Waals surface area contributed by atoms with Crippen LogP contribution in [0.25, 0.3) is 10.8 Å². The lowest BCUT2D eigenvalue weighted by Gasteiger charge is -2.35. The van der Waals surface area contributed by atoms with E-state index in [4.69, 9.17) is 9.47 Å². The number of carbonyl (C=O) groups is 1. The summed E-state index contributed by atoms with van der Waals surface area (Å²) in [5.41, 5.74) is -0.437. The highest BCUT2D eigenvalue weighted by molar-refractivity contribution is 5.88. The highest BCUT2D eigenvalue weighted by Crippen LogP contribution is 2.28. The SMILES string of the molecule is CC(C)(OC(=O)COc1cccc2ccccc12)C1CC[NH2+]CC1. The molecule has 0 aliphatic carbocycles. The van der Waals surface area contributed by atoms with Crippen molar-refractivity contribution in [3.8, 4) is 5.75 Å². The van der Waals surface area contributed by atoms with Crippen LogP contribution in [0.15, 0.2) is 42.5 Å². The predicted octanol–water partition coefficient (Wildman–Crippen LogP) is 2.51. The lowest BCUT2D eigenvalue weighted by atomic mass is 9.83. The Morgan fingerprint density at radius 3 is 2.62 bits per heavy atom. The molecule has 1 heterocycles. The van der Waals surface area contributed by atoms with Gasteiger partial charge in [-0.05, 0) is 25.3 Å². The number of quaternary nitrogens is 1. The Bertz CT molecular complexity index is 700. The number of benzene rings is 2.